The van der Waals surface area contributed by atoms with Crippen LogP contribution in [0, 0.1) is 30.6 Å². The number of benzene rings is 1. The number of aromatic nitrogens is 3. The minimum atomic E-state index is -0.511. The molecule has 2 aromatic heterocycles. The van der Waals surface area contributed by atoms with Crippen molar-refractivity contribution in [1.29, 1.82) is 5.26 Å². The van der Waals surface area contributed by atoms with Crippen LogP contribution < -0.4 is 16.0 Å². The summed E-state index contributed by atoms with van der Waals surface area (Å²) >= 11 is 0. The molecule has 31 heavy (non-hydrogen) atoms. The number of aryl methyl sites for hydroxylation is 1. The van der Waals surface area contributed by atoms with E-state index in [1.54, 1.807) is 6.07 Å². The van der Waals surface area contributed by atoms with Gasteiger partial charge in [-0.2, -0.15) is 10.4 Å². The summed E-state index contributed by atoms with van der Waals surface area (Å²) in [6.45, 7) is 8.23. The Kier molecular flexibility index (Phi) is 4.54. The first-order valence-electron chi connectivity index (χ1n) is 10.5. The summed E-state index contributed by atoms with van der Waals surface area (Å²) in [5.41, 5.74) is 10.1. The van der Waals surface area contributed by atoms with Crippen molar-refractivity contribution in [3.8, 4) is 6.07 Å². The smallest absolute Gasteiger partial charge is 0.158 e. The van der Waals surface area contributed by atoms with E-state index in [4.69, 9.17) is 10.7 Å². The minimum absolute atomic E-state index is 0.435. The summed E-state index contributed by atoms with van der Waals surface area (Å²) in [6.07, 6.45) is 1.37. The Morgan fingerprint density at radius 1 is 1.16 bits per heavy atom. The second-order valence-electron chi connectivity index (χ2n) is 9.00. The second-order valence-corrected chi connectivity index (χ2v) is 9.00. The first-order chi connectivity index (χ1) is 14.9. The highest BCUT2D eigenvalue weighted by molar-refractivity contribution is 5.94. The fraction of sp³-hybridized carbons (Fsp3) is 0.391. The molecule has 2 aliphatic rings. The lowest BCUT2D eigenvalue weighted by atomic mass is 9.73. The Balaban J connectivity index is 1.45. The summed E-state index contributed by atoms with van der Waals surface area (Å²) < 4.78 is 0. The van der Waals surface area contributed by atoms with Gasteiger partial charge in [0.25, 0.3) is 0 Å². The van der Waals surface area contributed by atoms with Crippen molar-refractivity contribution in [2.75, 3.05) is 43.4 Å². The number of fused-ring (bicyclic) bond motifs is 1. The average molecular weight is 415 g/mol. The molecule has 3 aromatic rings. The predicted molar refractivity (Wildman–Crippen MR) is 121 cm³/mol. The molecule has 0 aliphatic carbocycles. The van der Waals surface area contributed by atoms with E-state index in [0.29, 0.717) is 16.8 Å². The fourth-order valence-corrected chi connectivity index (χ4v) is 5.00. The zero-order chi connectivity index (χ0) is 21.8. The van der Waals surface area contributed by atoms with Crippen molar-refractivity contribution in [3.63, 3.8) is 0 Å². The van der Waals surface area contributed by atoms with Crippen LogP contribution in [0.25, 0.3) is 10.8 Å². The quantitative estimate of drug-likeness (QED) is 0.627. The van der Waals surface area contributed by atoms with Crippen molar-refractivity contribution in [1.82, 2.24) is 20.1 Å². The fourth-order valence-electron chi connectivity index (χ4n) is 5.00. The van der Waals surface area contributed by atoms with Gasteiger partial charge < -0.3 is 20.9 Å². The van der Waals surface area contributed by atoms with Crippen LogP contribution in [-0.2, 0) is 0 Å². The van der Waals surface area contributed by atoms with E-state index in [9.17, 15) is 5.26 Å². The molecule has 0 radical (unpaired) electrons. The maximum Gasteiger partial charge on any atom is 0.158 e. The number of hydrogen-bond donors (Lipinski definition) is 2. The highest BCUT2D eigenvalue weighted by Crippen LogP contribution is 2.41. The van der Waals surface area contributed by atoms with Gasteiger partial charge in [-0.05, 0) is 44.2 Å². The normalized spacial score (nSPS) is 18.4. The third-order valence-electron chi connectivity index (χ3n) is 6.55. The number of nitrogens with zero attached hydrogens (tertiary/aromatic N) is 6. The van der Waals surface area contributed by atoms with Gasteiger partial charge in [0.05, 0.1) is 17.3 Å². The van der Waals surface area contributed by atoms with Crippen molar-refractivity contribution in [2.45, 2.75) is 20.0 Å². The third kappa shape index (κ3) is 3.26. The lowest BCUT2D eigenvalue weighted by molar-refractivity contribution is -0.00278. The molecule has 1 atom stereocenters. The highest BCUT2D eigenvalue weighted by atomic mass is 15.3. The van der Waals surface area contributed by atoms with Gasteiger partial charge in [-0.1, -0.05) is 12.1 Å². The topological polar surface area (TPSA) is 107 Å². The number of rotatable bonds is 4. The van der Waals surface area contributed by atoms with Crippen molar-refractivity contribution < 1.29 is 0 Å². The van der Waals surface area contributed by atoms with E-state index in [2.05, 4.69) is 44.5 Å². The number of nitrogens with one attached hydrogen (secondary N) is 1. The molecule has 0 amide bonds. The molecule has 0 unspecified atom stereocenters. The average Bonchev–Trinajstić information content (AvgIpc) is 2.71. The Morgan fingerprint density at radius 2 is 1.94 bits per heavy atom. The SMILES string of the molecule is Cc1c(C#N)cccc1[C@@H](N)Nc1nnc(C)c2cnc(N3CC4(CN(C)C4)C3)cc12. The third-order valence-corrected chi connectivity index (χ3v) is 6.55. The Bertz CT molecular complexity index is 1200. The summed E-state index contributed by atoms with van der Waals surface area (Å²) in [5.74, 6) is 1.58. The number of hydrogen-bond acceptors (Lipinski definition) is 8. The summed E-state index contributed by atoms with van der Waals surface area (Å²) in [6, 6.07) is 9.87. The van der Waals surface area contributed by atoms with Crippen LogP contribution in [0.3, 0.4) is 0 Å². The molecule has 2 aliphatic heterocycles. The lowest BCUT2D eigenvalue weighted by Gasteiger charge is -2.59. The van der Waals surface area contributed by atoms with Crippen LogP contribution in [0.5, 0.6) is 0 Å². The second kappa shape index (κ2) is 7.15. The maximum absolute atomic E-state index is 9.32. The molecule has 3 N–H and O–H groups in total. The van der Waals surface area contributed by atoms with Crippen LogP contribution >= 0.6 is 0 Å². The zero-order valence-corrected chi connectivity index (χ0v) is 18.1. The molecule has 1 spiro atoms. The summed E-state index contributed by atoms with van der Waals surface area (Å²) in [4.78, 5) is 9.38. The molecule has 2 fully saturated rings. The van der Waals surface area contributed by atoms with Crippen LogP contribution in [0.4, 0.5) is 11.6 Å². The van der Waals surface area contributed by atoms with Crippen molar-refractivity contribution in [2.24, 2.45) is 11.1 Å². The standard InChI is InChI=1S/C23H26N8/c1-14-16(8-24)5-4-6-17(14)21(25)27-22-18-7-20(26-9-19(18)15(2)28-29-22)31-12-23(13-31)10-30(3)11-23/h4-7,9,21H,10-13,25H2,1-3H3,(H,27,29)/t21-/m0/s1. The van der Waals surface area contributed by atoms with E-state index in [-0.39, 0.29) is 0 Å². The first-order valence-corrected chi connectivity index (χ1v) is 10.5. The van der Waals surface area contributed by atoms with E-state index in [1.807, 2.05) is 32.2 Å². The molecule has 8 heteroatoms. The summed E-state index contributed by atoms with van der Waals surface area (Å²) in [5, 5.41) is 23.2. The Labute approximate surface area is 181 Å². The molecule has 5 rings (SSSR count). The molecule has 2 saturated heterocycles. The number of likely N-dealkylation sites (tertiary alicyclic amines) is 1. The number of nitrogens with two attached hydrogens (primary N) is 1. The molecular weight excluding hydrogens is 388 g/mol. The van der Waals surface area contributed by atoms with Crippen LogP contribution in [-0.4, -0.2) is 53.3 Å². The first kappa shape index (κ1) is 19.7. The van der Waals surface area contributed by atoms with Crippen LogP contribution in [0.2, 0.25) is 0 Å². The van der Waals surface area contributed by atoms with E-state index < -0.39 is 6.17 Å². The van der Waals surface area contributed by atoms with Gasteiger partial charge in [-0.25, -0.2) is 4.98 Å². The van der Waals surface area contributed by atoms with Gasteiger partial charge in [-0.15, -0.1) is 5.10 Å². The molecule has 4 heterocycles. The summed E-state index contributed by atoms with van der Waals surface area (Å²) in [7, 11) is 2.17. The van der Waals surface area contributed by atoms with Crippen molar-refractivity contribution in [3.05, 3.63) is 52.8 Å². The number of nitriles is 1. The molecule has 0 bridgehead atoms. The zero-order valence-electron chi connectivity index (χ0n) is 18.1. The minimum Gasteiger partial charge on any atom is -0.355 e. The van der Waals surface area contributed by atoms with Crippen LogP contribution in [0.1, 0.15) is 28.6 Å². The van der Waals surface area contributed by atoms with Gasteiger partial charge in [0, 0.05) is 48.6 Å². The van der Waals surface area contributed by atoms with E-state index >= 15 is 0 Å². The molecule has 8 nitrogen and oxygen atoms in total. The van der Waals surface area contributed by atoms with Crippen molar-refractivity contribution >= 4 is 22.4 Å². The largest absolute Gasteiger partial charge is 0.355 e. The molecular formula is C23H26N8. The maximum atomic E-state index is 9.32. The van der Waals surface area contributed by atoms with E-state index in [1.165, 1.54) is 0 Å². The Morgan fingerprint density at radius 3 is 2.65 bits per heavy atom. The molecule has 1 aromatic carbocycles. The van der Waals surface area contributed by atoms with Gasteiger partial charge >= 0.3 is 0 Å². The number of pyridine rings is 1. The highest BCUT2D eigenvalue weighted by Gasteiger charge is 2.50. The van der Waals surface area contributed by atoms with Gasteiger partial charge in [0.15, 0.2) is 5.82 Å². The van der Waals surface area contributed by atoms with Gasteiger partial charge in [0.1, 0.15) is 12.0 Å². The molecule has 158 valence electrons. The molecule has 0 saturated carbocycles. The predicted octanol–water partition coefficient (Wildman–Crippen LogP) is 2.33. The lowest BCUT2D eigenvalue weighted by Crippen LogP contribution is -2.71. The van der Waals surface area contributed by atoms with Gasteiger partial charge in [0.2, 0.25) is 0 Å². The van der Waals surface area contributed by atoms with Crippen LogP contribution in [0.15, 0.2) is 30.5 Å². The monoisotopic (exact) mass is 414 g/mol. The Hall–Kier alpha value is -3.28. The van der Waals surface area contributed by atoms with Gasteiger partial charge in [-0.3, -0.25) is 0 Å². The van der Waals surface area contributed by atoms with E-state index in [0.717, 1.165) is 59.6 Å². The number of anilines is 2.